The minimum absolute atomic E-state index is 0.116. The lowest BCUT2D eigenvalue weighted by Gasteiger charge is -2.17. The summed E-state index contributed by atoms with van der Waals surface area (Å²) in [6.45, 7) is 1.33. The highest BCUT2D eigenvalue weighted by atomic mass is 35.5. The lowest BCUT2D eigenvalue weighted by Crippen LogP contribution is -2.35. The van der Waals surface area contributed by atoms with Gasteiger partial charge in [0.05, 0.1) is 6.61 Å². The quantitative estimate of drug-likeness (QED) is 0.387. The van der Waals surface area contributed by atoms with Crippen LogP contribution in [0.25, 0.3) is 0 Å². The van der Waals surface area contributed by atoms with Gasteiger partial charge in [0, 0.05) is 5.02 Å². The number of hydrogen-bond donors (Lipinski definition) is 0. The van der Waals surface area contributed by atoms with E-state index in [1.54, 1.807) is 24.3 Å². The molecule has 1 rings (SSSR count). The van der Waals surface area contributed by atoms with Crippen LogP contribution >= 0.6 is 11.6 Å². The largest absolute Gasteiger partial charge is 0.523 e. The standard InChI is InChI=1S/C14H16ClF3O5S/c1-2-22-13(19)12(23-24(20,21)14(16,17)18)9-5-7-10-6-3-4-8-11(10)15/h3-4,6,8,12H,2,5,7,9H2,1H3. The molecule has 0 N–H and O–H groups in total. The molecule has 0 aliphatic rings. The van der Waals surface area contributed by atoms with E-state index < -0.39 is 27.7 Å². The molecule has 0 radical (unpaired) electrons. The van der Waals surface area contributed by atoms with Gasteiger partial charge in [-0.3, -0.25) is 0 Å². The van der Waals surface area contributed by atoms with E-state index in [4.69, 9.17) is 11.6 Å². The number of aryl methyl sites for hydroxylation is 1. The van der Waals surface area contributed by atoms with Crippen molar-refractivity contribution in [2.24, 2.45) is 0 Å². The normalized spacial score (nSPS) is 13.5. The molecule has 1 aromatic rings. The molecule has 0 aliphatic heterocycles. The molecule has 0 aromatic heterocycles. The molecule has 5 nitrogen and oxygen atoms in total. The first-order valence-corrected chi connectivity index (χ1v) is 8.76. The number of alkyl halides is 3. The fourth-order valence-electron chi connectivity index (χ4n) is 1.83. The molecule has 0 amide bonds. The predicted molar refractivity (Wildman–Crippen MR) is 80.9 cm³/mol. The smallest absolute Gasteiger partial charge is 0.464 e. The predicted octanol–water partition coefficient (Wildman–Crippen LogP) is 3.46. The van der Waals surface area contributed by atoms with E-state index in [9.17, 15) is 26.4 Å². The fourth-order valence-corrected chi connectivity index (χ4v) is 2.65. The van der Waals surface area contributed by atoms with Crippen molar-refractivity contribution >= 4 is 27.7 Å². The Labute approximate surface area is 142 Å². The Balaban J connectivity index is 2.77. The zero-order valence-corrected chi connectivity index (χ0v) is 14.2. The van der Waals surface area contributed by atoms with E-state index in [2.05, 4.69) is 8.92 Å². The van der Waals surface area contributed by atoms with Crippen LogP contribution in [0.1, 0.15) is 25.3 Å². The van der Waals surface area contributed by atoms with Crippen molar-refractivity contribution in [2.45, 2.75) is 37.8 Å². The Morgan fingerprint density at radius 3 is 2.46 bits per heavy atom. The minimum Gasteiger partial charge on any atom is -0.464 e. The van der Waals surface area contributed by atoms with Crippen LogP contribution in [0.3, 0.4) is 0 Å². The van der Waals surface area contributed by atoms with Gasteiger partial charge in [-0.25, -0.2) is 8.98 Å². The van der Waals surface area contributed by atoms with Gasteiger partial charge < -0.3 is 4.74 Å². The van der Waals surface area contributed by atoms with Crippen molar-refractivity contribution in [3.8, 4) is 0 Å². The first-order valence-electron chi connectivity index (χ1n) is 6.98. The van der Waals surface area contributed by atoms with E-state index in [0.717, 1.165) is 5.56 Å². The number of rotatable bonds is 8. The molecule has 1 atom stereocenters. The van der Waals surface area contributed by atoms with E-state index in [0.29, 0.717) is 11.4 Å². The molecule has 0 fully saturated rings. The average molecular weight is 389 g/mol. The number of halogens is 4. The van der Waals surface area contributed by atoms with Crippen LogP contribution in [0.4, 0.5) is 13.2 Å². The highest BCUT2D eigenvalue weighted by Gasteiger charge is 2.49. The van der Waals surface area contributed by atoms with Crippen molar-refractivity contribution in [1.82, 2.24) is 0 Å². The second-order valence-corrected chi connectivity index (χ2v) is 6.69. The van der Waals surface area contributed by atoms with Gasteiger partial charge in [0.15, 0.2) is 6.10 Å². The second-order valence-electron chi connectivity index (χ2n) is 4.72. The van der Waals surface area contributed by atoms with Gasteiger partial charge in [-0.2, -0.15) is 21.6 Å². The molecule has 0 bridgehead atoms. The third-order valence-electron chi connectivity index (χ3n) is 2.95. The average Bonchev–Trinajstić information content (AvgIpc) is 2.47. The van der Waals surface area contributed by atoms with Crippen molar-refractivity contribution < 1.29 is 35.3 Å². The van der Waals surface area contributed by atoms with E-state index in [1.807, 2.05) is 0 Å². The van der Waals surface area contributed by atoms with Gasteiger partial charge >= 0.3 is 21.6 Å². The number of ether oxygens (including phenoxy) is 1. The molecular weight excluding hydrogens is 373 g/mol. The molecule has 1 unspecified atom stereocenters. The highest BCUT2D eigenvalue weighted by Crippen LogP contribution is 2.27. The van der Waals surface area contributed by atoms with Crippen molar-refractivity contribution in [3.05, 3.63) is 34.9 Å². The molecule has 24 heavy (non-hydrogen) atoms. The van der Waals surface area contributed by atoms with Crippen molar-refractivity contribution in [3.63, 3.8) is 0 Å². The zero-order chi connectivity index (χ0) is 18.4. The Kier molecular flexibility index (Phi) is 7.50. The van der Waals surface area contributed by atoms with E-state index in [1.165, 1.54) is 6.92 Å². The summed E-state index contributed by atoms with van der Waals surface area (Å²) in [6.07, 6.45) is -1.61. The van der Waals surface area contributed by atoms with Crippen LogP contribution in [-0.2, 0) is 30.3 Å². The van der Waals surface area contributed by atoms with Gasteiger partial charge in [0.1, 0.15) is 0 Å². The maximum atomic E-state index is 12.4. The van der Waals surface area contributed by atoms with Gasteiger partial charge in [-0.1, -0.05) is 29.8 Å². The van der Waals surface area contributed by atoms with Crippen LogP contribution in [0.2, 0.25) is 5.02 Å². The number of carbonyl (C=O) groups excluding carboxylic acids is 1. The lowest BCUT2D eigenvalue weighted by atomic mass is 10.1. The molecule has 1 aromatic carbocycles. The Morgan fingerprint density at radius 1 is 1.29 bits per heavy atom. The highest BCUT2D eigenvalue weighted by molar-refractivity contribution is 7.87. The summed E-state index contributed by atoms with van der Waals surface area (Å²) >= 11 is 5.95. The summed E-state index contributed by atoms with van der Waals surface area (Å²) in [6, 6.07) is 6.81. The summed E-state index contributed by atoms with van der Waals surface area (Å²) in [5.41, 5.74) is -4.89. The number of carbonyl (C=O) groups is 1. The molecule has 0 heterocycles. The topological polar surface area (TPSA) is 69.7 Å². The molecule has 10 heteroatoms. The zero-order valence-electron chi connectivity index (χ0n) is 12.7. The van der Waals surface area contributed by atoms with Gasteiger partial charge in [-0.05, 0) is 37.8 Å². The van der Waals surface area contributed by atoms with Crippen LogP contribution in [-0.4, -0.2) is 32.6 Å². The molecule has 0 saturated heterocycles. The Morgan fingerprint density at radius 2 is 1.92 bits per heavy atom. The summed E-state index contributed by atoms with van der Waals surface area (Å²) in [5.74, 6) is -1.16. The van der Waals surface area contributed by atoms with Crippen LogP contribution in [0.15, 0.2) is 24.3 Å². The summed E-state index contributed by atoms with van der Waals surface area (Å²) < 4.78 is 68.0. The van der Waals surface area contributed by atoms with E-state index >= 15 is 0 Å². The van der Waals surface area contributed by atoms with Gasteiger partial charge in [-0.15, -0.1) is 0 Å². The Hall–Kier alpha value is -1.32. The number of esters is 1. The molecule has 0 aliphatic carbocycles. The van der Waals surface area contributed by atoms with Gasteiger partial charge in [0.2, 0.25) is 0 Å². The number of benzene rings is 1. The molecular formula is C14H16ClF3O5S. The first-order chi connectivity index (χ1) is 11.1. The van der Waals surface area contributed by atoms with Crippen LogP contribution < -0.4 is 0 Å². The summed E-state index contributed by atoms with van der Waals surface area (Å²) in [5, 5.41) is 0.467. The summed E-state index contributed by atoms with van der Waals surface area (Å²) in [4.78, 5) is 11.7. The van der Waals surface area contributed by atoms with Crippen molar-refractivity contribution in [1.29, 1.82) is 0 Å². The molecule has 0 saturated carbocycles. The fraction of sp³-hybridized carbons (Fsp3) is 0.500. The number of hydrogen-bond acceptors (Lipinski definition) is 5. The van der Waals surface area contributed by atoms with E-state index in [-0.39, 0.29) is 19.4 Å². The Bertz CT molecular complexity index is 661. The minimum atomic E-state index is -5.89. The summed E-state index contributed by atoms with van der Waals surface area (Å²) in [7, 11) is -5.89. The van der Waals surface area contributed by atoms with Crippen LogP contribution in [0, 0.1) is 0 Å². The third kappa shape index (κ3) is 5.95. The lowest BCUT2D eigenvalue weighted by molar-refractivity contribution is -0.152. The molecule has 136 valence electrons. The maximum absolute atomic E-state index is 12.4. The van der Waals surface area contributed by atoms with Gasteiger partial charge in [0.25, 0.3) is 0 Å². The maximum Gasteiger partial charge on any atom is 0.523 e. The second kappa shape index (κ2) is 8.68. The monoisotopic (exact) mass is 388 g/mol. The van der Waals surface area contributed by atoms with Crippen LogP contribution in [0.5, 0.6) is 0 Å². The molecule has 0 spiro atoms. The third-order valence-corrected chi connectivity index (χ3v) is 4.37. The first kappa shape index (κ1) is 20.7. The van der Waals surface area contributed by atoms with Crippen molar-refractivity contribution in [2.75, 3.05) is 6.61 Å². The SMILES string of the molecule is CCOC(=O)C(CCCc1ccccc1Cl)OS(=O)(=O)C(F)(F)F.